The maximum Gasteiger partial charge on any atom is 0.123 e. The van der Waals surface area contributed by atoms with Crippen molar-refractivity contribution in [3.8, 4) is 0 Å². The highest BCUT2D eigenvalue weighted by Gasteiger charge is 2.47. The molecule has 2 aromatic rings. The second-order valence-electron chi connectivity index (χ2n) is 8.38. The predicted octanol–water partition coefficient (Wildman–Crippen LogP) is 6.48. The summed E-state index contributed by atoms with van der Waals surface area (Å²) in [7, 11) is 0. The first-order valence-corrected chi connectivity index (χ1v) is 10.7. The van der Waals surface area contributed by atoms with E-state index >= 15 is 0 Å². The van der Waals surface area contributed by atoms with Gasteiger partial charge in [0.1, 0.15) is 5.82 Å². The van der Waals surface area contributed by atoms with Crippen LogP contribution in [0.2, 0.25) is 0 Å². The molecule has 0 radical (unpaired) electrons. The molecule has 27 heavy (non-hydrogen) atoms. The highest BCUT2D eigenvalue weighted by Crippen LogP contribution is 2.58. The molecule has 0 aromatic heterocycles. The number of nitrogens with zero attached hydrogens (tertiary/aromatic N) is 1. The molecule has 0 fully saturated rings. The summed E-state index contributed by atoms with van der Waals surface area (Å²) in [6, 6.07) is 12.8. The fraction of sp³-hybridized carbons (Fsp3) is 0.333. The summed E-state index contributed by atoms with van der Waals surface area (Å²) in [5, 5.41) is 0. The Kier molecular flexibility index (Phi) is 3.47. The van der Waals surface area contributed by atoms with Gasteiger partial charge in [-0.15, -0.1) is 0 Å². The van der Waals surface area contributed by atoms with Crippen LogP contribution in [0.25, 0.3) is 0 Å². The van der Waals surface area contributed by atoms with Crippen molar-refractivity contribution < 1.29 is 4.39 Å². The molecule has 5 atom stereocenters. The maximum atomic E-state index is 14.6. The van der Waals surface area contributed by atoms with E-state index in [0.717, 1.165) is 23.9 Å². The van der Waals surface area contributed by atoms with Crippen LogP contribution in [0.3, 0.4) is 0 Å². The van der Waals surface area contributed by atoms with Gasteiger partial charge < -0.3 is 4.90 Å². The number of halogens is 2. The lowest BCUT2D eigenvalue weighted by Gasteiger charge is -2.51. The summed E-state index contributed by atoms with van der Waals surface area (Å²) in [5.74, 6) is 1.67. The molecular weight excluding hydrogens is 401 g/mol. The zero-order valence-electron chi connectivity index (χ0n) is 15.0. The van der Waals surface area contributed by atoms with Crippen molar-refractivity contribution in [2.45, 2.75) is 30.7 Å². The van der Waals surface area contributed by atoms with Gasteiger partial charge in [0, 0.05) is 28.5 Å². The van der Waals surface area contributed by atoms with Gasteiger partial charge in [0.15, 0.2) is 0 Å². The van der Waals surface area contributed by atoms with E-state index in [0.29, 0.717) is 29.7 Å². The van der Waals surface area contributed by atoms with Crippen molar-refractivity contribution in [2.75, 3.05) is 11.4 Å². The van der Waals surface area contributed by atoms with Crippen molar-refractivity contribution in [2.24, 2.45) is 11.8 Å². The average molecular weight is 422 g/mol. The van der Waals surface area contributed by atoms with Crippen LogP contribution in [0.15, 0.2) is 65.2 Å². The topological polar surface area (TPSA) is 3.24 Å². The van der Waals surface area contributed by atoms with Crippen LogP contribution in [-0.4, -0.2) is 6.54 Å². The predicted molar refractivity (Wildman–Crippen MR) is 111 cm³/mol. The van der Waals surface area contributed by atoms with E-state index in [2.05, 4.69) is 69.4 Å². The van der Waals surface area contributed by atoms with Crippen LogP contribution >= 0.6 is 15.9 Å². The van der Waals surface area contributed by atoms with Gasteiger partial charge in [-0.2, -0.15) is 0 Å². The molecule has 3 heteroatoms. The van der Waals surface area contributed by atoms with Gasteiger partial charge in [0.05, 0.1) is 6.04 Å². The molecule has 0 spiro atoms. The van der Waals surface area contributed by atoms with E-state index < -0.39 is 0 Å². The number of hydrogen-bond acceptors (Lipinski definition) is 1. The molecule has 0 saturated heterocycles. The molecule has 4 aliphatic rings. The SMILES string of the molecule is Fc1cc2c3c(c1)[C@H]1C=CC[C@@H]1[C@H](c1ccc(Br)cc1)N3C[C@H]1CC=C[C@H]21. The van der Waals surface area contributed by atoms with E-state index in [1.54, 1.807) is 12.1 Å². The van der Waals surface area contributed by atoms with Gasteiger partial charge >= 0.3 is 0 Å². The molecule has 136 valence electrons. The van der Waals surface area contributed by atoms with Gasteiger partial charge in [0.25, 0.3) is 0 Å². The molecule has 2 heterocycles. The Bertz CT molecular complexity index is 959. The molecule has 2 aliphatic heterocycles. The lowest BCUT2D eigenvalue weighted by molar-refractivity contribution is 0.333. The summed E-state index contributed by atoms with van der Waals surface area (Å²) >= 11 is 3.58. The maximum absolute atomic E-state index is 14.6. The third-order valence-corrected chi connectivity index (χ3v) is 7.55. The Hall–Kier alpha value is -1.87. The average Bonchev–Trinajstić information content (AvgIpc) is 3.32. The fourth-order valence-electron chi connectivity index (χ4n) is 5.98. The zero-order chi connectivity index (χ0) is 18.1. The number of rotatable bonds is 1. The summed E-state index contributed by atoms with van der Waals surface area (Å²) in [6.07, 6.45) is 11.4. The summed E-state index contributed by atoms with van der Waals surface area (Å²) in [6.45, 7) is 1.06. The summed E-state index contributed by atoms with van der Waals surface area (Å²) in [5.41, 5.74) is 5.10. The van der Waals surface area contributed by atoms with E-state index in [1.165, 1.54) is 22.4 Å². The molecular formula is C24H21BrFN. The minimum Gasteiger partial charge on any atom is -0.363 e. The van der Waals surface area contributed by atoms with Crippen molar-refractivity contribution in [1.82, 2.24) is 0 Å². The van der Waals surface area contributed by atoms with Crippen molar-refractivity contribution in [1.29, 1.82) is 0 Å². The summed E-state index contributed by atoms with van der Waals surface area (Å²) < 4.78 is 15.7. The minimum atomic E-state index is -0.0780. The first kappa shape index (κ1) is 16.1. The van der Waals surface area contributed by atoms with Crippen LogP contribution in [-0.2, 0) is 0 Å². The fourth-order valence-corrected chi connectivity index (χ4v) is 6.24. The Morgan fingerprint density at radius 2 is 1.63 bits per heavy atom. The third kappa shape index (κ3) is 2.27. The highest BCUT2D eigenvalue weighted by atomic mass is 79.9. The summed E-state index contributed by atoms with van der Waals surface area (Å²) in [4.78, 5) is 2.62. The highest BCUT2D eigenvalue weighted by molar-refractivity contribution is 9.10. The molecule has 2 aliphatic carbocycles. The van der Waals surface area contributed by atoms with E-state index in [1.807, 2.05) is 0 Å². The normalized spacial score (nSPS) is 32.4. The van der Waals surface area contributed by atoms with E-state index in [-0.39, 0.29) is 5.82 Å². The van der Waals surface area contributed by atoms with E-state index in [9.17, 15) is 4.39 Å². The monoisotopic (exact) mass is 421 g/mol. The Labute approximate surface area is 167 Å². The van der Waals surface area contributed by atoms with Crippen LogP contribution in [0, 0.1) is 17.7 Å². The lowest BCUT2D eigenvalue weighted by Crippen LogP contribution is -2.46. The van der Waals surface area contributed by atoms with Crippen molar-refractivity contribution in [3.05, 3.63) is 87.7 Å². The third-order valence-electron chi connectivity index (χ3n) is 7.03. The van der Waals surface area contributed by atoms with Crippen LogP contribution in [0.5, 0.6) is 0 Å². The second-order valence-corrected chi connectivity index (χ2v) is 9.30. The van der Waals surface area contributed by atoms with Crippen molar-refractivity contribution in [3.63, 3.8) is 0 Å². The number of allylic oxidation sites excluding steroid dienone is 4. The Morgan fingerprint density at radius 3 is 2.44 bits per heavy atom. The van der Waals surface area contributed by atoms with Crippen LogP contribution in [0.4, 0.5) is 10.1 Å². The molecule has 0 bridgehead atoms. The Morgan fingerprint density at radius 1 is 0.926 bits per heavy atom. The number of benzene rings is 2. The first-order valence-electron chi connectivity index (χ1n) is 9.89. The number of fused-ring (bicyclic) bond motifs is 4. The largest absolute Gasteiger partial charge is 0.363 e. The molecule has 0 amide bonds. The molecule has 0 saturated carbocycles. The first-order chi connectivity index (χ1) is 13.2. The molecule has 6 rings (SSSR count). The second kappa shape index (κ2) is 5.81. The Balaban J connectivity index is 1.59. The van der Waals surface area contributed by atoms with Gasteiger partial charge in [0.2, 0.25) is 0 Å². The number of anilines is 1. The number of hydrogen-bond donors (Lipinski definition) is 0. The standard InChI is InChI=1S/C24H21BrFN/c25-16-9-7-14(8-10-16)23-20-6-2-5-19(20)22-12-17(26)11-21-18-4-1-3-15(18)13-27(23)24(21)22/h1-2,4-5,7-12,15,18-20,23H,3,6,13H2/t15-,18+,19+,20+,23+/m1/s1. The van der Waals surface area contributed by atoms with Crippen molar-refractivity contribution >= 4 is 21.6 Å². The molecule has 0 N–H and O–H groups in total. The van der Waals surface area contributed by atoms with Gasteiger partial charge in [-0.1, -0.05) is 52.4 Å². The lowest BCUT2D eigenvalue weighted by atomic mass is 9.70. The van der Waals surface area contributed by atoms with Gasteiger partial charge in [-0.3, -0.25) is 0 Å². The van der Waals surface area contributed by atoms with Crippen LogP contribution in [0.1, 0.15) is 47.4 Å². The minimum absolute atomic E-state index is 0.0780. The van der Waals surface area contributed by atoms with Gasteiger partial charge in [-0.25, -0.2) is 4.39 Å². The zero-order valence-corrected chi connectivity index (χ0v) is 16.6. The molecule has 1 nitrogen and oxygen atoms in total. The quantitative estimate of drug-likeness (QED) is 0.476. The van der Waals surface area contributed by atoms with Crippen LogP contribution < -0.4 is 4.90 Å². The smallest absolute Gasteiger partial charge is 0.123 e. The molecule has 0 unspecified atom stereocenters. The molecule has 2 aromatic carbocycles. The van der Waals surface area contributed by atoms with E-state index in [4.69, 9.17) is 0 Å². The van der Waals surface area contributed by atoms with Gasteiger partial charge in [-0.05, 0) is 65.6 Å².